The topological polar surface area (TPSA) is 26.0 Å². The predicted molar refractivity (Wildman–Crippen MR) is 60.7 cm³/mol. The highest BCUT2D eigenvalue weighted by Gasteiger charge is 2.03. The molecule has 1 rings (SSSR count). The van der Waals surface area contributed by atoms with E-state index in [0.717, 1.165) is 16.9 Å². The first-order valence-corrected chi connectivity index (χ1v) is 5.77. The molecule has 0 unspecified atom stereocenters. The van der Waals surface area contributed by atoms with E-state index in [-0.39, 0.29) is 5.82 Å². The predicted octanol–water partition coefficient (Wildman–Crippen LogP) is 2.93. The average Bonchev–Trinajstić information content (AvgIpc) is 2.15. The van der Waals surface area contributed by atoms with E-state index < -0.39 is 0 Å². The Morgan fingerprint density at radius 2 is 2.07 bits per heavy atom. The Bertz CT molecular complexity index is 299. The molecule has 0 radical (unpaired) electrons. The lowest BCUT2D eigenvalue weighted by Gasteiger charge is -2.09. The van der Waals surface area contributed by atoms with Crippen molar-refractivity contribution in [2.45, 2.75) is 31.4 Å². The normalized spacial score (nSPS) is 10.9. The summed E-state index contributed by atoms with van der Waals surface area (Å²) in [6, 6.07) is 4.85. The fourth-order valence-electron chi connectivity index (χ4n) is 1.18. The van der Waals surface area contributed by atoms with Crippen molar-refractivity contribution in [3.63, 3.8) is 0 Å². The minimum absolute atomic E-state index is 0.205. The molecule has 0 heterocycles. The van der Waals surface area contributed by atoms with Crippen LogP contribution in [0.25, 0.3) is 0 Å². The number of benzene rings is 1. The van der Waals surface area contributed by atoms with Crippen molar-refractivity contribution in [1.29, 1.82) is 0 Å². The van der Waals surface area contributed by atoms with E-state index in [0.29, 0.717) is 11.8 Å². The van der Waals surface area contributed by atoms with Gasteiger partial charge in [0.25, 0.3) is 0 Å². The minimum atomic E-state index is -0.205. The van der Waals surface area contributed by atoms with Gasteiger partial charge < -0.3 is 5.73 Å². The first-order chi connectivity index (χ1) is 6.63. The fourth-order valence-corrected chi connectivity index (χ4v) is 1.98. The largest absolute Gasteiger partial charge is 0.326 e. The molecule has 0 fully saturated rings. The summed E-state index contributed by atoms with van der Waals surface area (Å²) in [7, 11) is 0. The summed E-state index contributed by atoms with van der Waals surface area (Å²) in [4.78, 5) is 0. The molecule has 0 spiro atoms. The molecule has 0 aliphatic rings. The third-order valence-corrected chi connectivity index (χ3v) is 3.10. The molecule has 0 aliphatic heterocycles. The van der Waals surface area contributed by atoms with Crippen LogP contribution in [0, 0.1) is 5.82 Å². The van der Waals surface area contributed by atoms with E-state index in [1.165, 1.54) is 12.1 Å². The lowest BCUT2D eigenvalue weighted by molar-refractivity contribution is 0.624. The average molecular weight is 213 g/mol. The number of hydrogen-bond donors (Lipinski definition) is 1. The van der Waals surface area contributed by atoms with E-state index in [9.17, 15) is 4.39 Å². The highest BCUT2D eigenvalue weighted by atomic mass is 32.2. The highest BCUT2D eigenvalue weighted by molar-refractivity contribution is 7.99. The van der Waals surface area contributed by atoms with Crippen LogP contribution in [0.5, 0.6) is 0 Å². The van der Waals surface area contributed by atoms with Crippen LogP contribution in [-0.2, 0) is 12.3 Å². The lowest BCUT2D eigenvalue weighted by atomic mass is 10.1. The molecule has 78 valence electrons. The summed E-state index contributed by atoms with van der Waals surface area (Å²) < 4.78 is 12.9. The Morgan fingerprint density at radius 3 is 2.64 bits per heavy atom. The second-order valence-electron chi connectivity index (χ2n) is 3.48. The molecule has 0 atom stereocenters. The van der Waals surface area contributed by atoms with E-state index in [1.807, 2.05) is 17.8 Å². The van der Waals surface area contributed by atoms with Crippen LogP contribution in [0.1, 0.15) is 25.0 Å². The summed E-state index contributed by atoms with van der Waals surface area (Å²) in [5.74, 6) is 0.702. The molecule has 1 nitrogen and oxygen atoms in total. The molecular weight excluding hydrogens is 197 g/mol. The van der Waals surface area contributed by atoms with Crippen LogP contribution in [0.2, 0.25) is 0 Å². The third kappa shape index (κ3) is 3.31. The Hall–Kier alpha value is -0.540. The number of thioether (sulfide) groups is 1. The molecule has 0 saturated heterocycles. The quantitative estimate of drug-likeness (QED) is 0.832. The Kier molecular flexibility index (Phi) is 4.42. The van der Waals surface area contributed by atoms with Gasteiger partial charge in [0, 0.05) is 12.3 Å². The summed E-state index contributed by atoms with van der Waals surface area (Å²) in [6.07, 6.45) is 0. The van der Waals surface area contributed by atoms with Crippen molar-refractivity contribution in [2.75, 3.05) is 0 Å². The van der Waals surface area contributed by atoms with Crippen molar-refractivity contribution >= 4 is 11.8 Å². The molecular formula is C11H16FNS. The van der Waals surface area contributed by atoms with E-state index in [2.05, 4.69) is 13.8 Å². The molecule has 0 saturated carbocycles. The number of rotatable bonds is 4. The fraction of sp³-hybridized carbons (Fsp3) is 0.455. The molecule has 0 aliphatic carbocycles. The van der Waals surface area contributed by atoms with Crippen LogP contribution in [0.3, 0.4) is 0 Å². The van der Waals surface area contributed by atoms with Gasteiger partial charge in [0.15, 0.2) is 0 Å². The van der Waals surface area contributed by atoms with Crippen molar-refractivity contribution in [3.8, 4) is 0 Å². The van der Waals surface area contributed by atoms with Gasteiger partial charge in [0.1, 0.15) is 5.82 Å². The van der Waals surface area contributed by atoms with E-state index in [4.69, 9.17) is 5.73 Å². The van der Waals surface area contributed by atoms with Crippen LogP contribution in [0.15, 0.2) is 18.2 Å². The second kappa shape index (κ2) is 5.37. The lowest BCUT2D eigenvalue weighted by Crippen LogP contribution is -2.02. The zero-order valence-electron chi connectivity index (χ0n) is 8.59. The van der Waals surface area contributed by atoms with Gasteiger partial charge >= 0.3 is 0 Å². The van der Waals surface area contributed by atoms with Gasteiger partial charge in [-0.25, -0.2) is 4.39 Å². The van der Waals surface area contributed by atoms with Gasteiger partial charge in [0.2, 0.25) is 0 Å². The zero-order chi connectivity index (χ0) is 10.6. The van der Waals surface area contributed by atoms with Crippen molar-refractivity contribution in [1.82, 2.24) is 0 Å². The van der Waals surface area contributed by atoms with Crippen LogP contribution < -0.4 is 5.73 Å². The van der Waals surface area contributed by atoms with Crippen molar-refractivity contribution in [3.05, 3.63) is 35.1 Å². The first kappa shape index (κ1) is 11.5. The van der Waals surface area contributed by atoms with Crippen molar-refractivity contribution < 1.29 is 4.39 Å². The van der Waals surface area contributed by atoms with Gasteiger partial charge in [-0.1, -0.05) is 19.9 Å². The monoisotopic (exact) mass is 213 g/mol. The van der Waals surface area contributed by atoms with Gasteiger partial charge in [-0.2, -0.15) is 11.8 Å². The maximum atomic E-state index is 12.9. The summed E-state index contributed by atoms with van der Waals surface area (Å²) in [6.45, 7) is 4.71. The Balaban J connectivity index is 2.75. The molecule has 0 amide bonds. The molecule has 0 aromatic heterocycles. The van der Waals surface area contributed by atoms with Crippen LogP contribution >= 0.6 is 11.8 Å². The van der Waals surface area contributed by atoms with Gasteiger partial charge in [-0.3, -0.25) is 0 Å². The zero-order valence-corrected chi connectivity index (χ0v) is 9.40. The molecule has 1 aromatic carbocycles. The highest BCUT2D eigenvalue weighted by Crippen LogP contribution is 2.20. The second-order valence-corrected chi connectivity index (χ2v) is 5.04. The summed E-state index contributed by atoms with van der Waals surface area (Å²) >= 11 is 1.84. The van der Waals surface area contributed by atoms with Crippen molar-refractivity contribution in [2.24, 2.45) is 5.73 Å². The molecule has 14 heavy (non-hydrogen) atoms. The Labute approximate surface area is 88.9 Å². The van der Waals surface area contributed by atoms with Gasteiger partial charge in [-0.05, 0) is 28.5 Å². The van der Waals surface area contributed by atoms with Crippen LogP contribution in [0.4, 0.5) is 4.39 Å². The standard InChI is InChI=1S/C11H16FNS/c1-8(2)14-7-9-3-4-11(12)5-10(9)6-13/h3-5,8H,6-7,13H2,1-2H3. The van der Waals surface area contributed by atoms with Gasteiger partial charge in [-0.15, -0.1) is 0 Å². The summed E-state index contributed by atoms with van der Waals surface area (Å²) in [5, 5.41) is 0.589. The molecule has 3 heteroatoms. The minimum Gasteiger partial charge on any atom is -0.326 e. The Morgan fingerprint density at radius 1 is 1.36 bits per heavy atom. The van der Waals surface area contributed by atoms with E-state index >= 15 is 0 Å². The smallest absolute Gasteiger partial charge is 0.123 e. The maximum Gasteiger partial charge on any atom is 0.123 e. The molecule has 2 N–H and O–H groups in total. The maximum absolute atomic E-state index is 12.9. The number of nitrogens with two attached hydrogens (primary N) is 1. The van der Waals surface area contributed by atoms with Crippen LogP contribution in [-0.4, -0.2) is 5.25 Å². The SMILES string of the molecule is CC(C)SCc1ccc(F)cc1CN. The van der Waals surface area contributed by atoms with E-state index in [1.54, 1.807) is 0 Å². The molecule has 1 aromatic rings. The molecule has 0 bridgehead atoms. The first-order valence-electron chi connectivity index (χ1n) is 4.72. The number of hydrogen-bond acceptors (Lipinski definition) is 2. The summed E-state index contributed by atoms with van der Waals surface area (Å²) in [5.41, 5.74) is 7.61. The third-order valence-electron chi connectivity index (χ3n) is 1.96. The van der Waals surface area contributed by atoms with Gasteiger partial charge in [0.05, 0.1) is 0 Å². The number of halogens is 1.